The molecule has 1 heterocycles. The summed E-state index contributed by atoms with van der Waals surface area (Å²) in [5.41, 5.74) is 0.695. The third kappa shape index (κ3) is 15.1. The summed E-state index contributed by atoms with van der Waals surface area (Å²) < 4.78 is 2.10. The number of aryl methyl sites for hydroxylation is 1. The van der Waals surface area contributed by atoms with E-state index in [1.54, 1.807) is 0 Å². The highest BCUT2D eigenvalue weighted by atomic mass is 31.2. The van der Waals surface area contributed by atoms with E-state index in [0.29, 0.717) is 5.56 Å². The molecule has 0 fully saturated rings. The number of pyridine rings is 1. The van der Waals surface area contributed by atoms with Crippen molar-refractivity contribution in [1.82, 2.24) is 0 Å². The van der Waals surface area contributed by atoms with Crippen molar-refractivity contribution in [1.29, 1.82) is 0 Å². The summed E-state index contributed by atoms with van der Waals surface area (Å²) >= 11 is 0. The first-order valence-corrected chi connectivity index (χ1v) is 12.8. The Morgan fingerprint density at radius 1 is 0.741 bits per heavy atom. The maximum Gasteiger partial charge on any atom is 0.234 e. The first-order chi connectivity index (χ1) is 13.0. The molecule has 2 N–H and O–H groups in total. The standard InChI is InChI=1S/C22H40NO3P/c1-2-3-4-5-6-7-8-9-10-11-12-13-14-15-18-23-19-16-22(17-20-23)21-27(24,25)26/h16-17,19-20H,2-15,18,21H2,1H3,(H-,24,25,26)/p+1. The Hall–Kier alpha value is -0.540. The SMILES string of the molecule is CCCCCCCCCCCCCCCC[n+]1ccc(C[P+]([O-])(O)O)cc1. The van der Waals surface area contributed by atoms with Gasteiger partial charge in [-0.05, 0) is 6.42 Å². The minimum Gasteiger partial charge on any atom is -0.632 e. The molecule has 1 aromatic rings. The molecular formula is C22H41NO3P+. The summed E-state index contributed by atoms with van der Waals surface area (Å²) in [5.74, 6) is 0. The Kier molecular flexibility index (Phi) is 14.0. The van der Waals surface area contributed by atoms with E-state index in [-0.39, 0.29) is 6.16 Å². The monoisotopic (exact) mass is 398 g/mol. The van der Waals surface area contributed by atoms with E-state index >= 15 is 0 Å². The van der Waals surface area contributed by atoms with Crippen molar-refractivity contribution >= 4 is 7.94 Å². The van der Waals surface area contributed by atoms with E-state index in [9.17, 15) is 4.89 Å². The van der Waals surface area contributed by atoms with Crippen LogP contribution in [0.15, 0.2) is 24.5 Å². The Morgan fingerprint density at radius 2 is 1.15 bits per heavy atom. The highest BCUT2D eigenvalue weighted by Crippen LogP contribution is 2.42. The average Bonchev–Trinajstić information content (AvgIpc) is 2.62. The van der Waals surface area contributed by atoms with E-state index in [4.69, 9.17) is 9.79 Å². The molecule has 0 bridgehead atoms. The highest BCUT2D eigenvalue weighted by molar-refractivity contribution is 7.56. The normalized spacial score (nSPS) is 11.9. The summed E-state index contributed by atoms with van der Waals surface area (Å²) in [5, 5.41) is 0. The third-order valence-corrected chi connectivity index (χ3v) is 5.90. The second kappa shape index (κ2) is 15.4. The molecule has 27 heavy (non-hydrogen) atoms. The molecule has 0 aromatic carbocycles. The zero-order valence-corrected chi connectivity index (χ0v) is 18.2. The quantitative estimate of drug-likeness (QED) is 0.219. The van der Waals surface area contributed by atoms with Gasteiger partial charge in [-0.25, -0.2) is 14.4 Å². The molecule has 0 radical (unpaired) electrons. The average molecular weight is 399 g/mol. The Labute approximate surface area is 167 Å². The van der Waals surface area contributed by atoms with Crippen LogP contribution in [0.4, 0.5) is 0 Å². The number of hydrogen-bond donors (Lipinski definition) is 2. The van der Waals surface area contributed by atoms with Gasteiger partial charge in [0.2, 0.25) is 7.94 Å². The molecular weight excluding hydrogens is 357 g/mol. The molecule has 1 aromatic heterocycles. The molecule has 0 aliphatic rings. The van der Waals surface area contributed by atoms with Gasteiger partial charge in [0.15, 0.2) is 12.4 Å². The zero-order valence-electron chi connectivity index (χ0n) is 17.3. The maximum absolute atomic E-state index is 11.0. The summed E-state index contributed by atoms with van der Waals surface area (Å²) in [7, 11) is -3.96. The molecule has 0 amide bonds. The number of unbranched alkanes of at least 4 members (excludes halogenated alkanes) is 13. The van der Waals surface area contributed by atoms with Gasteiger partial charge in [-0.1, -0.05) is 84.0 Å². The molecule has 1 rings (SSSR count). The second-order valence-electron chi connectivity index (χ2n) is 7.86. The molecule has 156 valence electrons. The fourth-order valence-electron chi connectivity index (χ4n) is 3.47. The lowest BCUT2D eigenvalue weighted by atomic mass is 10.0. The first kappa shape index (κ1) is 24.5. The second-order valence-corrected chi connectivity index (χ2v) is 9.51. The Bertz CT molecular complexity index is 460. The van der Waals surface area contributed by atoms with Crippen molar-refractivity contribution < 1.29 is 19.2 Å². The van der Waals surface area contributed by atoms with Crippen LogP contribution < -0.4 is 9.46 Å². The minimum absolute atomic E-state index is 0.174. The topological polar surface area (TPSA) is 67.4 Å². The van der Waals surface area contributed by atoms with Gasteiger partial charge in [-0.2, -0.15) is 0 Å². The lowest BCUT2D eigenvalue weighted by Gasteiger charge is -2.14. The van der Waals surface area contributed by atoms with Crippen LogP contribution in [0.5, 0.6) is 0 Å². The van der Waals surface area contributed by atoms with Crippen LogP contribution in [-0.4, -0.2) is 9.79 Å². The lowest BCUT2D eigenvalue weighted by molar-refractivity contribution is -0.697. The van der Waals surface area contributed by atoms with Gasteiger partial charge in [0.25, 0.3) is 0 Å². The van der Waals surface area contributed by atoms with Gasteiger partial charge in [-0.15, -0.1) is 0 Å². The van der Waals surface area contributed by atoms with Gasteiger partial charge >= 0.3 is 0 Å². The summed E-state index contributed by atoms with van der Waals surface area (Å²) in [4.78, 5) is 29.0. The van der Waals surface area contributed by atoms with Crippen LogP contribution in [-0.2, 0) is 12.7 Å². The summed E-state index contributed by atoms with van der Waals surface area (Å²) in [6.45, 7) is 3.25. The fourth-order valence-corrected chi connectivity index (χ4v) is 4.16. The van der Waals surface area contributed by atoms with Gasteiger partial charge in [-0.3, -0.25) is 0 Å². The molecule has 0 saturated carbocycles. The van der Waals surface area contributed by atoms with Gasteiger partial charge in [0.05, 0.1) is 0 Å². The van der Waals surface area contributed by atoms with Crippen molar-refractivity contribution in [2.45, 2.75) is 110 Å². The van der Waals surface area contributed by atoms with Crippen LogP contribution in [0, 0.1) is 0 Å². The number of hydrogen-bond acceptors (Lipinski definition) is 3. The number of nitrogens with zero attached hydrogens (tertiary/aromatic N) is 1. The molecule has 0 atom stereocenters. The van der Waals surface area contributed by atoms with Crippen LogP contribution in [0.25, 0.3) is 0 Å². The predicted octanol–water partition coefficient (Wildman–Crippen LogP) is 5.06. The van der Waals surface area contributed by atoms with Crippen LogP contribution >= 0.6 is 7.94 Å². The summed E-state index contributed by atoms with van der Waals surface area (Å²) in [6.07, 6.45) is 22.8. The molecule has 0 saturated heterocycles. The highest BCUT2D eigenvalue weighted by Gasteiger charge is 2.19. The molecule has 0 spiro atoms. The number of aromatic nitrogens is 1. The smallest absolute Gasteiger partial charge is 0.234 e. The van der Waals surface area contributed by atoms with Gasteiger partial charge in [0, 0.05) is 24.1 Å². The Morgan fingerprint density at radius 3 is 1.56 bits per heavy atom. The van der Waals surface area contributed by atoms with Crippen molar-refractivity contribution in [2.75, 3.05) is 0 Å². The molecule has 4 nitrogen and oxygen atoms in total. The maximum atomic E-state index is 11.0. The zero-order chi connectivity index (χ0) is 19.8. The molecule has 0 aliphatic carbocycles. The largest absolute Gasteiger partial charge is 0.632 e. The van der Waals surface area contributed by atoms with Crippen LogP contribution in [0.2, 0.25) is 0 Å². The third-order valence-electron chi connectivity index (χ3n) is 5.12. The van der Waals surface area contributed by atoms with E-state index in [1.807, 2.05) is 24.5 Å². The van der Waals surface area contributed by atoms with Crippen molar-refractivity contribution in [2.24, 2.45) is 0 Å². The van der Waals surface area contributed by atoms with E-state index in [1.165, 1.54) is 89.9 Å². The van der Waals surface area contributed by atoms with Crippen molar-refractivity contribution in [3.8, 4) is 0 Å². The minimum atomic E-state index is -3.96. The fraction of sp³-hybridized carbons (Fsp3) is 0.773. The van der Waals surface area contributed by atoms with E-state index in [0.717, 1.165) is 6.54 Å². The van der Waals surface area contributed by atoms with Crippen LogP contribution in [0.3, 0.4) is 0 Å². The van der Waals surface area contributed by atoms with Gasteiger partial charge < -0.3 is 4.89 Å². The lowest BCUT2D eigenvalue weighted by Crippen LogP contribution is -2.32. The van der Waals surface area contributed by atoms with Crippen molar-refractivity contribution in [3.63, 3.8) is 0 Å². The Balaban J connectivity index is 1.90. The van der Waals surface area contributed by atoms with E-state index in [2.05, 4.69) is 11.5 Å². The first-order valence-electron chi connectivity index (χ1n) is 11.0. The predicted molar refractivity (Wildman–Crippen MR) is 112 cm³/mol. The number of rotatable bonds is 17. The molecule has 0 unspecified atom stereocenters. The summed E-state index contributed by atoms with van der Waals surface area (Å²) in [6, 6.07) is 3.62. The van der Waals surface area contributed by atoms with Gasteiger partial charge in [0.1, 0.15) is 12.7 Å². The molecule has 0 aliphatic heterocycles. The molecule has 5 heteroatoms. The van der Waals surface area contributed by atoms with Crippen molar-refractivity contribution in [3.05, 3.63) is 30.1 Å². The van der Waals surface area contributed by atoms with E-state index < -0.39 is 7.94 Å². The van der Waals surface area contributed by atoms with Crippen LogP contribution in [0.1, 0.15) is 102 Å².